The molecule has 1 N–H and O–H groups in total. The lowest BCUT2D eigenvalue weighted by molar-refractivity contribution is -0.113. The first-order chi connectivity index (χ1) is 16.4. The maximum absolute atomic E-state index is 13.2. The van der Waals surface area contributed by atoms with Gasteiger partial charge in [0.05, 0.1) is 17.2 Å². The van der Waals surface area contributed by atoms with Crippen LogP contribution in [0, 0.1) is 5.82 Å². The summed E-state index contributed by atoms with van der Waals surface area (Å²) in [6.45, 7) is 2.39. The number of halogens is 2. The Morgan fingerprint density at radius 2 is 1.94 bits per heavy atom. The monoisotopic (exact) mass is 556 g/mol. The van der Waals surface area contributed by atoms with Gasteiger partial charge in [0.15, 0.2) is 4.32 Å². The molecule has 3 aromatic rings. The van der Waals surface area contributed by atoms with Crippen LogP contribution in [0.1, 0.15) is 22.8 Å². The van der Waals surface area contributed by atoms with Gasteiger partial charge in [-0.2, -0.15) is 0 Å². The fourth-order valence-electron chi connectivity index (χ4n) is 3.27. The van der Waals surface area contributed by atoms with Crippen LogP contribution in [-0.2, 0) is 4.79 Å². The summed E-state index contributed by atoms with van der Waals surface area (Å²) in [5.41, 5.74) is 2.04. The summed E-state index contributed by atoms with van der Waals surface area (Å²) in [7, 11) is 0. The molecule has 0 saturated carbocycles. The quantitative estimate of drug-likeness (QED) is 0.272. The summed E-state index contributed by atoms with van der Waals surface area (Å²) in [6.07, 6.45) is 1.75. The molecule has 1 aliphatic heterocycles. The average Bonchev–Trinajstić information content (AvgIpc) is 3.10. The molecule has 0 radical (unpaired) electrons. The van der Waals surface area contributed by atoms with Crippen LogP contribution >= 0.6 is 39.9 Å². The van der Waals surface area contributed by atoms with Gasteiger partial charge in [-0.25, -0.2) is 4.39 Å². The molecular formula is C25H18BrFN2O3S2. The minimum atomic E-state index is -0.390. The van der Waals surface area contributed by atoms with Crippen molar-refractivity contribution in [2.24, 2.45) is 0 Å². The number of amides is 2. The van der Waals surface area contributed by atoms with Crippen molar-refractivity contribution in [3.8, 4) is 5.75 Å². The zero-order valence-corrected chi connectivity index (χ0v) is 21.1. The molecule has 2 amide bonds. The van der Waals surface area contributed by atoms with Crippen LogP contribution in [0.4, 0.5) is 15.8 Å². The Balaban J connectivity index is 1.59. The van der Waals surface area contributed by atoms with Gasteiger partial charge in [-0.1, -0.05) is 46.0 Å². The highest BCUT2D eigenvalue weighted by molar-refractivity contribution is 9.10. The van der Waals surface area contributed by atoms with Gasteiger partial charge in [0, 0.05) is 21.3 Å². The number of hydrogen-bond acceptors (Lipinski definition) is 5. The molecule has 1 aliphatic rings. The third kappa shape index (κ3) is 5.38. The SMILES string of the molecule is CCOc1ccc(Br)cc1/C=C1/SC(=S)N(c2cccc(C(=O)Nc3ccc(F)cc3)c2)C1=O. The van der Waals surface area contributed by atoms with Crippen molar-refractivity contribution in [2.75, 3.05) is 16.8 Å². The first kappa shape index (κ1) is 24.1. The number of anilines is 2. The fourth-order valence-corrected chi connectivity index (χ4v) is 4.94. The van der Waals surface area contributed by atoms with E-state index in [1.165, 1.54) is 40.9 Å². The molecule has 0 aliphatic carbocycles. The Bertz CT molecular complexity index is 1310. The van der Waals surface area contributed by atoms with E-state index in [2.05, 4.69) is 21.2 Å². The van der Waals surface area contributed by atoms with Crippen LogP contribution in [-0.4, -0.2) is 22.7 Å². The predicted octanol–water partition coefficient (Wildman–Crippen LogP) is 6.65. The van der Waals surface area contributed by atoms with Crippen molar-refractivity contribution >= 4 is 73.5 Å². The number of ether oxygens (including phenoxy) is 1. The van der Waals surface area contributed by atoms with E-state index in [4.69, 9.17) is 17.0 Å². The summed E-state index contributed by atoms with van der Waals surface area (Å²) in [5, 5.41) is 2.71. The van der Waals surface area contributed by atoms with Gasteiger partial charge in [-0.15, -0.1) is 0 Å². The molecule has 1 saturated heterocycles. The van der Waals surface area contributed by atoms with Crippen molar-refractivity contribution < 1.29 is 18.7 Å². The maximum atomic E-state index is 13.2. The summed E-state index contributed by atoms with van der Waals surface area (Å²) in [4.78, 5) is 27.8. The number of nitrogens with one attached hydrogen (secondary N) is 1. The predicted molar refractivity (Wildman–Crippen MR) is 142 cm³/mol. The Morgan fingerprint density at radius 3 is 2.68 bits per heavy atom. The van der Waals surface area contributed by atoms with E-state index in [9.17, 15) is 14.0 Å². The minimum Gasteiger partial charge on any atom is -0.493 e. The summed E-state index contributed by atoms with van der Waals surface area (Å²) < 4.78 is 20.0. The number of hydrogen-bond donors (Lipinski definition) is 1. The molecule has 172 valence electrons. The first-order valence-electron chi connectivity index (χ1n) is 10.2. The largest absolute Gasteiger partial charge is 0.493 e. The highest BCUT2D eigenvalue weighted by Gasteiger charge is 2.33. The van der Waals surface area contributed by atoms with Gasteiger partial charge in [0.2, 0.25) is 0 Å². The molecule has 1 fully saturated rings. The molecular weight excluding hydrogens is 539 g/mol. The molecule has 34 heavy (non-hydrogen) atoms. The van der Waals surface area contributed by atoms with Gasteiger partial charge in [0.1, 0.15) is 11.6 Å². The fraction of sp³-hybridized carbons (Fsp3) is 0.0800. The van der Waals surface area contributed by atoms with Crippen LogP contribution in [0.2, 0.25) is 0 Å². The zero-order chi connectivity index (χ0) is 24.2. The first-order valence-corrected chi connectivity index (χ1v) is 12.2. The molecule has 3 aromatic carbocycles. The highest BCUT2D eigenvalue weighted by atomic mass is 79.9. The lowest BCUT2D eigenvalue weighted by atomic mass is 10.1. The molecule has 0 aromatic heterocycles. The molecule has 5 nitrogen and oxygen atoms in total. The molecule has 1 heterocycles. The summed E-state index contributed by atoms with van der Waals surface area (Å²) >= 11 is 10.1. The van der Waals surface area contributed by atoms with Crippen molar-refractivity contribution in [1.82, 2.24) is 0 Å². The van der Waals surface area contributed by atoms with Crippen LogP contribution < -0.4 is 15.0 Å². The van der Waals surface area contributed by atoms with Gasteiger partial charge < -0.3 is 10.1 Å². The van der Waals surface area contributed by atoms with Gasteiger partial charge in [-0.3, -0.25) is 14.5 Å². The van der Waals surface area contributed by atoms with Crippen LogP contribution in [0.3, 0.4) is 0 Å². The number of thiocarbonyl (C=S) groups is 1. The van der Waals surface area contributed by atoms with E-state index in [1.54, 1.807) is 30.3 Å². The summed E-state index contributed by atoms with van der Waals surface area (Å²) in [6, 6.07) is 17.7. The van der Waals surface area contributed by atoms with E-state index in [0.717, 1.165) is 10.0 Å². The number of thioether (sulfide) groups is 1. The van der Waals surface area contributed by atoms with Crippen molar-refractivity contribution in [1.29, 1.82) is 0 Å². The Labute approximate surface area is 214 Å². The third-order valence-corrected chi connectivity index (χ3v) is 6.62. The minimum absolute atomic E-state index is 0.284. The highest BCUT2D eigenvalue weighted by Crippen LogP contribution is 2.38. The Morgan fingerprint density at radius 1 is 1.18 bits per heavy atom. The van der Waals surface area contributed by atoms with Crippen LogP contribution in [0.25, 0.3) is 6.08 Å². The van der Waals surface area contributed by atoms with Gasteiger partial charge in [0.25, 0.3) is 11.8 Å². The molecule has 9 heteroatoms. The average molecular weight is 557 g/mol. The lowest BCUT2D eigenvalue weighted by Crippen LogP contribution is -2.27. The number of benzene rings is 3. The normalized spacial score (nSPS) is 14.6. The van der Waals surface area contributed by atoms with E-state index in [0.29, 0.717) is 38.5 Å². The number of nitrogens with zero attached hydrogens (tertiary/aromatic N) is 1. The second kappa shape index (κ2) is 10.5. The number of carbonyl (C=O) groups excluding carboxylic acids is 2. The molecule has 0 spiro atoms. The second-order valence-electron chi connectivity index (χ2n) is 7.14. The Kier molecular flexibility index (Phi) is 7.45. The van der Waals surface area contributed by atoms with Crippen LogP contribution in [0.15, 0.2) is 76.1 Å². The maximum Gasteiger partial charge on any atom is 0.270 e. The van der Waals surface area contributed by atoms with Crippen molar-refractivity contribution in [3.63, 3.8) is 0 Å². The van der Waals surface area contributed by atoms with Gasteiger partial charge in [-0.05, 0) is 73.7 Å². The van der Waals surface area contributed by atoms with E-state index in [1.807, 2.05) is 25.1 Å². The zero-order valence-electron chi connectivity index (χ0n) is 17.9. The van der Waals surface area contributed by atoms with Crippen molar-refractivity contribution in [2.45, 2.75) is 6.92 Å². The van der Waals surface area contributed by atoms with E-state index in [-0.39, 0.29) is 11.8 Å². The standard InChI is InChI=1S/C25H18BrFN2O3S2/c1-2-32-21-11-6-17(26)12-16(21)14-22-24(31)29(25(33)34-22)20-5-3-4-15(13-20)23(30)28-19-9-7-18(27)8-10-19/h3-14H,2H2,1H3,(H,28,30)/b22-14+. The van der Waals surface area contributed by atoms with E-state index >= 15 is 0 Å². The molecule has 0 unspecified atom stereocenters. The molecule has 0 bridgehead atoms. The third-order valence-electron chi connectivity index (χ3n) is 4.82. The molecule has 0 atom stereocenters. The summed E-state index contributed by atoms with van der Waals surface area (Å²) in [5.74, 6) is -0.396. The van der Waals surface area contributed by atoms with E-state index < -0.39 is 5.82 Å². The Hall–Kier alpha value is -3.01. The second-order valence-corrected chi connectivity index (χ2v) is 9.74. The lowest BCUT2D eigenvalue weighted by Gasteiger charge is -2.15. The smallest absolute Gasteiger partial charge is 0.270 e. The topological polar surface area (TPSA) is 58.6 Å². The molecule has 4 rings (SSSR count). The number of rotatable bonds is 6. The van der Waals surface area contributed by atoms with Crippen LogP contribution in [0.5, 0.6) is 5.75 Å². The van der Waals surface area contributed by atoms with Crippen molar-refractivity contribution in [3.05, 3.63) is 93.1 Å². The van der Waals surface area contributed by atoms with Gasteiger partial charge >= 0.3 is 0 Å². The number of carbonyl (C=O) groups is 2.